The van der Waals surface area contributed by atoms with Crippen molar-refractivity contribution in [1.29, 1.82) is 0 Å². The molecule has 36 heavy (non-hydrogen) atoms. The summed E-state index contributed by atoms with van der Waals surface area (Å²) in [5.41, 5.74) is 4.62. The first kappa shape index (κ1) is 22.4. The molecule has 180 valence electrons. The van der Waals surface area contributed by atoms with Crippen LogP contribution in [0.25, 0.3) is 43.5 Å². The number of rotatable bonds is 4. The molecule has 0 saturated heterocycles. The molecule has 0 spiro atoms. The van der Waals surface area contributed by atoms with Gasteiger partial charge in [0.2, 0.25) is 0 Å². The van der Waals surface area contributed by atoms with Gasteiger partial charge in [0.25, 0.3) is 0 Å². The lowest BCUT2D eigenvalue weighted by Gasteiger charge is -2.10. The van der Waals surface area contributed by atoms with Crippen molar-refractivity contribution in [3.05, 3.63) is 90.0 Å². The van der Waals surface area contributed by atoms with Gasteiger partial charge in [-0.1, -0.05) is 48.5 Å². The van der Waals surface area contributed by atoms with Gasteiger partial charge in [0.05, 0.1) is 19.9 Å². The topological polar surface area (TPSA) is 56.8 Å². The zero-order valence-electron chi connectivity index (χ0n) is 20.6. The minimum absolute atomic E-state index is 0.637. The van der Waals surface area contributed by atoms with Crippen LogP contribution in [0, 0.1) is 13.8 Å². The largest absolute Gasteiger partial charge is 0.493 e. The molecular formula is C30H26NO4P. The first-order chi connectivity index (χ1) is 17.6. The Balaban J connectivity index is 1.75. The molecule has 6 heteroatoms. The van der Waals surface area contributed by atoms with Crippen molar-refractivity contribution in [2.75, 3.05) is 19.3 Å². The van der Waals surface area contributed by atoms with Gasteiger partial charge in [-0.2, -0.15) is 0 Å². The number of benzene rings is 5. The van der Waals surface area contributed by atoms with Gasteiger partial charge in [-0.3, -0.25) is 5.09 Å². The Labute approximate surface area is 209 Å². The Morgan fingerprint density at radius 1 is 0.639 bits per heavy atom. The summed E-state index contributed by atoms with van der Waals surface area (Å²) in [6, 6.07) is 27.0. The molecule has 1 aromatic heterocycles. The van der Waals surface area contributed by atoms with Crippen molar-refractivity contribution < 1.29 is 17.9 Å². The molecule has 6 rings (SSSR count). The Bertz CT molecular complexity index is 1720. The number of ether oxygens (including phenoxy) is 2. The highest BCUT2D eigenvalue weighted by Gasteiger charge is 2.17. The predicted octanol–water partition coefficient (Wildman–Crippen LogP) is 9.11. The third-order valence-electron chi connectivity index (χ3n) is 6.58. The van der Waals surface area contributed by atoms with Gasteiger partial charge in [-0.15, -0.1) is 0 Å². The number of methoxy groups -OCH3 is 2. The van der Waals surface area contributed by atoms with E-state index in [1.807, 2.05) is 18.2 Å². The second kappa shape index (κ2) is 8.85. The van der Waals surface area contributed by atoms with Gasteiger partial charge in [0.1, 0.15) is 11.2 Å². The second-order valence-electron chi connectivity index (χ2n) is 8.86. The monoisotopic (exact) mass is 495 g/mol. The molecule has 0 aliphatic rings. The smallest absolute Gasteiger partial charge is 0.338 e. The number of anilines is 1. The molecule has 0 unspecified atom stereocenters. The molecule has 0 fully saturated rings. The Hall–Kier alpha value is -4.08. The molecule has 0 atom stereocenters. The lowest BCUT2D eigenvalue weighted by Crippen LogP contribution is -1.92. The number of fused-ring (bicyclic) bond motifs is 7. The summed E-state index contributed by atoms with van der Waals surface area (Å²) in [5, 5.41) is 10.2. The van der Waals surface area contributed by atoms with Crippen molar-refractivity contribution in [3.63, 3.8) is 0 Å². The van der Waals surface area contributed by atoms with E-state index in [9.17, 15) is 0 Å². The minimum Gasteiger partial charge on any atom is -0.493 e. The fourth-order valence-corrected chi connectivity index (χ4v) is 6.19. The van der Waals surface area contributed by atoms with Gasteiger partial charge in [-0.25, -0.2) is 0 Å². The summed E-state index contributed by atoms with van der Waals surface area (Å²) < 4.78 is 24.2. The number of hydrogen-bond acceptors (Lipinski definition) is 5. The van der Waals surface area contributed by atoms with E-state index in [0.29, 0.717) is 11.5 Å². The normalized spacial score (nSPS) is 11.3. The Morgan fingerprint density at radius 2 is 1.17 bits per heavy atom. The molecule has 1 heterocycles. The number of hydrogen-bond donors (Lipinski definition) is 1. The van der Waals surface area contributed by atoms with Crippen LogP contribution in [0.2, 0.25) is 0 Å². The Kier molecular flexibility index (Phi) is 5.50. The minimum atomic E-state index is -1.57. The van der Waals surface area contributed by atoms with Crippen LogP contribution in [0.1, 0.15) is 11.1 Å². The van der Waals surface area contributed by atoms with Gasteiger partial charge in [0.15, 0.2) is 11.5 Å². The summed E-state index contributed by atoms with van der Waals surface area (Å²) >= 11 is 0. The summed E-state index contributed by atoms with van der Waals surface area (Å²) in [4.78, 5) is 0. The molecule has 0 radical (unpaired) electrons. The van der Waals surface area contributed by atoms with Gasteiger partial charge >= 0.3 is 8.16 Å². The molecule has 5 aromatic carbocycles. The van der Waals surface area contributed by atoms with Crippen LogP contribution in [0.15, 0.2) is 87.3 Å². The first-order valence-electron chi connectivity index (χ1n) is 11.8. The molecular weight excluding hydrogens is 469 g/mol. The first-order valence-corrected chi connectivity index (χ1v) is 12.9. The molecule has 1 N–H and O–H groups in total. The van der Waals surface area contributed by atoms with Gasteiger partial charge in [-0.05, 0) is 70.8 Å². The third kappa shape index (κ3) is 3.64. The van der Waals surface area contributed by atoms with Crippen LogP contribution in [0.4, 0.5) is 5.69 Å². The highest BCUT2D eigenvalue weighted by Crippen LogP contribution is 2.44. The van der Waals surface area contributed by atoms with Crippen LogP contribution < -0.4 is 14.6 Å². The van der Waals surface area contributed by atoms with E-state index in [1.165, 1.54) is 10.8 Å². The fourth-order valence-electron chi connectivity index (χ4n) is 4.91. The van der Waals surface area contributed by atoms with E-state index in [-0.39, 0.29) is 0 Å². The van der Waals surface area contributed by atoms with Crippen molar-refractivity contribution in [2.45, 2.75) is 13.8 Å². The average Bonchev–Trinajstić information content (AvgIpc) is 3.07. The zero-order valence-corrected chi connectivity index (χ0v) is 21.5. The van der Waals surface area contributed by atoms with Crippen LogP contribution in [-0.4, -0.2) is 14.2 Å². The number of aryl methyl sites for hydroxylation is 2. The summed E-state index contributed by atoms with van der Waals surface area (Å²) in [7, 11) is 1.68. The maximum Gasteiger partial charge on any atom is 0.338 e. The van der Waals surface area contributed by atoms with E-state index in [0.717, 1.165) is 49.5 Å². The van der Waals surface area contributed by atoms with Crippen LogP contribution in [-0.2, 0) is 0 Å². The van der Waals surface area contributed by atoms with E-state index >= 15 is 0 Å². The van der Waals surface area contributed by atoms with Gasteiger partial charge < -0.3 is 17.9 Å². The maximum atomic E-state index is 6.68. The molecule has 0 saturated carbocycles. The maximum absolute atomic E-state index is 6.68. The van der Waals surface area contributed by atoms with E-state index in [4.69, 9.17) is 17.9 Å². The standard InChI is InChI=1S/C30H26NO4P/c1-18-15-20-9-5-7-11-23(20)27-28-24-12-8-6-10-21(24)16-19(2)30(28)35-36(34-29(18)27)31-22-13-14-25(32-3)26(17-22)33-4/h5-17,31H,1-4H3. The lowest BCUT2D eigenvalue weighted by atomic mass is 9.95. The van der Waals surface area contributed by atoms with Crippen molar-refractivity contribution in [1.82, 2.24) is 0 Å². The molecule has 0 amide bonds. The van der Waals surface area contributed by atoms with Gasteiger partial charge in [0, 0.05) is 16.8 Å². The van der Waals surface area contributed by atoms with Crippen molar-refractivity contribution in [2.24, 2.45) is 0 Å². The molecule has 5 nitrogen and oxygen atoms in total. The Morgan fingerprint density at radius 3 is 1.69 bits per heavy atom. The molecule has 0 aliphatic heterocycles. The average molecular weight is 496 g/mol. The summed E-state index contributed by atoms with van der Waals surface area (Å²) in [6.45, 7) is 4.19. The fraction of sp³-hybridized carbons (Fsp3) is 0.133. The lowest BCUT2D eigenvalue weighted by molar-refractivity contribution is 0.355. The summed E-state index contributed by atoms with van der Waals surface area (Å²) in [5.74, 6) is 1.30. The van der Waals surface area contributed by atoms with Crippen LogP contribution in [0.3, 0.4) is 0 Å². The van der Waals surface area contributed by atoms with Crippen molar-refractivity contribution in [3.8, 4) is 11.5 Å². The predicted molar refractivity (Wildman–Crippen MR) is 149 cm³/mol. The molecule has 6 aromatic rings. The number of nitrogens with one attached hydrogen (secondary N) is 1. The second-order valence-corrected chi connectivity index (χ2v) is 9.96. The highest BCUT2D eigenvalue weighted by atomic mass is 31.1. The van der Waals surface area contributed by atoms with Crippen LogP contribution >= 0.6 is 8.16 Å². The quantitative estimate of drug-likeness (QED) is 0.264. The summed E-state index contributed by atoms with van der Waals surface area (Å²) in [6.07, 6.45) is 0. The SMILES string of the molecule is COc1ccc(Np2oc3c(C)cc4ccccc4c3c3c(o2)c(C)cc2ccccc23)cc1OC. The molecule has 0 bridgehead atoms. The third-order valence-corrected chi connectivity index (χ3v) is 7.71. The van der Waals surface area contributed by atoms with E-state index < -0.39 is 8.16 Å². The highest BCUT2D eigenvalue weighted by molar-refractivity contribution is 7.39. The van der Waals surface area contributed by atoms with E-state index in [1.54, 1.807) is 14.2 Å². The zero-order chi connectivity index (χ0) is 24.8. The van der Waals surface area contributed by atoms with Crippen molar-refractivity contribution >= 4 is 57.3 Å². The van der Waals surface area contributed by atoms with Crippen LogP contribution in [0.5, 0.6) is 11.5 Å². The molecule has 0 aliphatic carbocycles. The van der Waals surface area contributed by atoms with E-state index in [2.05, 4.69) is 79.6 Å².